The molecule has 0 atom stereocenters. The Bertz CT molecular complexity index is 379. The summed E-state index contributed by atoms with van der Waals surface area (Å²) in [5.74, 6) is 1.67. The molecule has 1 aromatic rings. The number of ether oxygens (including phenoxy) is 2. The molecule has 4 heteroatoms. The second kappa shape index (κ2) is 9.61. The quantitative estimate of drug-likeness (QED) is 0.714. The van der Waals surface area contributed by atoms with Gasteiger partial charge in [0, 0.05) is 13.1 Å². The topological polar surface area (TPSA) is 33.7 Å². The zero-order chi connectivity index (χ0) is 14.8. The number of hydrogen-bond donors (Lipinski definition) is 1. The minimum Gasteiger partial charge on any atom is -0.490 e. The van der Waals surface area contributed by atoms with Crippen LogP contribution < -0.4 is 14.8 Å². The van der Waals surface area contributed by atoms with Crippen molar-refractivity contribution in [1.29, 1.82) is 0 Å². The Morgan fingerprint density at radius 2 is 1.80 bits per heavy atom. The van der Waals surface area contributed by atoms with Gasteiger partial charge in [0.2, 0.25) is 0 Å². The molecule has 0 aliphatic rings. The van der Waals surface area contributed by atoms with Crippen LogP contribution in [-0.4, -0.2) is 44.8 Å². The number of nitrogens with one attached hydrogen (secondary N) is 1. The fraction of sp³-hybridized carbons (Fsp3) is 0.625. The lowest BCUT2D eigenvalue weighted by atomic mass is 10.2. The number of hydrogen-bond acceptors (Lipinski definition) is 4. The lowest BCUT2D eigenvalue weighted by molar-refractivity contribution is 0.214. The summed E-state index contributed by atoms with van der Waals surface area (Å²) in [5.41, 5.74) is 1.20. The van der Waals surface area contributed by atoms with Crippen LogP contribution in [0.5, 0.6) is 11.5 Å². The Kier molecular flexibility index (Phi) is 8.07. The molecule has 0 heterocycles. The molecule has 114 valence electrons. The van der Waals surface area contributed by atoms with Gasteiger partial charge in [-0.1, -0.05) is 19.9 Å². The zero-order valence-corrected chi connectivity index (χ0v) is 13.2. The predicted molar refractivity (Wildman–Crippen MR) is 83.7 cm³/mol. The summed E-state index contributed by atoms with van der Waals surface area (Å²) >= 11 is 0. The monoisotopic (exact) mass is 280 g/mol. The van der Waals surface area contributed by atoms with Crippen molar-refractivity contribution in [2.24, 2.45) is 0 Å². The molecule has 0 radical (unpaired) electrons. The van der Waals surface area contributed by atoms with Crippen LogP contribution in [0.15, 0.2) is 18.2 Å². The normalized spacial score (nSPS) is 10.8. The first kappa shape index (κ1) is 16.8. The van der Waals surface area contributed by atoms with Crippen LogP contribution in [0.3, 0.4) is 0 Å². The van der Waals surface area contributed by atoms with Crippen molar-refractivity contribution in [2.45, 2.75) is 27.3 Å². The van der Waals surface area contributed by atoms with E-state index in [0.29, 0.717) is 13.2 Å². The van der Waals surface area contributed by atoms with E-state index in [1.807, 2.05) is 26.1 Å². The van der Waals surface area contributed by atoms with E-state index in [-0.39, 0.29) is 0 Å². The second-order valence-electron chi connectivity index (χ2n) is 4.62. The summed E-state index contributed by atoms with van der Waals surface area (Å²) in [5, 5.41) is 3.14. The molecule has 0 saturated heterocycles. The zero-order valence-electron chi connectivity index (χ0n) is 13.2. The fourth-order valence-corrected chi connectivity index (χ4v) is 2.08. The molecule has 0 bridgehead atoms. The molecular formula is C16H28N2O2. The van der Waals surface area contributed by atoms with E-state index in [9.17, 15) is 0 Å². The molecule has 0 aliphatic heterocycles. The number of likely N-dealkylation sites (N-methyl/N-ethyl adjacent to an activating group) is 1. The molecule has 0 fully saturated rings. The van der Waals surface area contributed by atoms with Crippen molar-refractivity contribution >= 4 is 0 Å². The summed E-state index contributed by atoms with van der Waals surface area (Å²) in [6.45, 7) is 11.5. The molecule has 4 nitrogen and oxygen atoms in total. The van der Waals surface area contributed by atoms with Crippen molar-refractivity contribution in [2.75, 3.05) is 39.9 Å². The third kappa shape index (κ3) is 5.39. The molecular weight excluding hydrogens is 252 g/mol. The fourth-order valence-electron chi connectivity index (χ4n) is 2.08. The largest absolute Gasteiger partial charge is 0.490 e. The summed E-state index contributed by atoms with van der Waals surface area (Å²) < 4.78 is 11.5. The van der Waals surface area contributed by atoms with Crippen LogP contribution in [-0.2, 0) is 6.54 Å². The van der Waals surface area contributed by atoms with Gasteiger partial charge in [0.05, 0.1) is 6.61 Å². The summed E-state index contributed by atoms with van der Waals surface area (Å²) in [6, 6.07) is 6.12. The highest BCUT2D eigenvalue weighted by Gasteiger charge is 2.07. The molecule has 0 spiro atoms. The van der Waals surface area contributed by atoms with Crippen LogP contribution in [0.4, 0.5) is 0 Å². The average Bonchev–Trinajstić information content (AvgIpc) is 2.46. The Morgan fingerprint density at radius 3 is 2.40 bits per heavy atom. The van der Waals surface area contributed by atoms with Crippen LogP contribution in [0, 0.1) is 0 Å². The minimum atomic E-state index is 0.648. The van der Waals surface area contributed by atoms with Gasteiger partial charge in [0.25, 0.3) is 0 Å². The van der Waals surface area contributed by atoms with Gasteiger partial charge in [-0.05, 0) is 44.8 Å². The molecule has 1 N–H and O–H groups in total. The minimum absolute atomic E-state index is 0.648. The third-order valence-corrected chi connectivity index (χ3v) is 3.25. The van der Waals surface area contributed by atoms with Crippen LogP contribution in [0.2, 0.25) is 0 Å². The summed E-state index contributed by atoms with van der Waals surface area (Å²) in [4.78, 5) is 2.34. The van der Waals surface area contributed by atoms with E-state index in [2.05, 4.69) is 30.1 Å². The van der Waals surface area contributed by atoms with E-state index < -0.39 is 0 Å². The molecule has 1 rings (SSSR count). The van der Waals surface area contributed by atoms with Crippen molar-refractivity contribution in [3.63, 3.8) is 0 Å². The van der Waals surface area contributed by atoms with E-state index >= 15 is 0 Å². The highest BCUT2D eigenvalue weighted by atomic mass is 16.5. The molecule has 1 aromatic carbocycles. The molecule has 0 aromatic heterocycles. The Labute approximate surface area is 123 Å². The van der Waals surface area contributed by atoms with E-state index in [0.717, 1.165) is 37.7 Å². The number of benzene rings is 1. The van der Waals surface area contributed by atoms with Crippen molar-refractivity contribution in [3.05, 3.63) is 23.8 Å². The van der Waals surface area contributed by atoms with Gasteiger partial charge in [0.1, 0.15) is 6.61 Å². The third-order valence-electron chi connectivity index (χ3n) is 3.25. The molecule has 0 saturated carbocycles. The van der Waals surface area contributed by atoms with Gasteiger partial charge in [-0.25, -0.2) is 0 Å². The van der Waals surface area contributed by atoms with Gasteiger partial charge in [-0.15, -0.1) is 0 Å². The molecule has 0 amide bonds. The van der Waals surface area contributed by atoms with E-state index in [4.69, 9.17) is 9.47 Å². The predicted octanol–water partition coefficient (Wildman–Crippen LogP) is 2.53. The smallest absolute Gasteiger partial charge is 0.161 e. The molecule has 20 heavy (non-hydrogen) atoms. The highest BCUT2D eigenvalue weighted by molar-refractivity contribution is 5.43. The van der Waals surface area contributed by atoms with E-state index in [1.54, 1.807) is 0 Å². The van der Waals surface area contributed by atoms with Crippen molar-refractivity contribution in [1.82, 2.24) is 10.2 Å². The Morgan fingerprint density at radius 1 is 1.05 bits per heavy atom. The lowest BCUT2D eigenvalue weighted by Gasteiger charge is -2.19. The summed E-state index contributed by atoms with van der Waals surface area (Å²) in [6.07, 6.45) is 0. The maximum absolute atomic E-state index is 5.87. The first-order chi connectivity index (χ1) is 9.74. The van der Waals surface area contributed by atoms with Gasteiger partial charge >= 0.3 is 0 Å². The SMILES string of the molecule is CCOc1cc(CNC)ccc1OCCN(CC)CC. The maximum Gasteiger partial charge on any atom is 0.161 e. The van der Waals surface area contributed by atoms with Gasteiger partial charge in [-0.3, -0.25) is 0 Å². The van der Waals surface area contributed by atoms with Crippen molar-refractivity contribution in [3.8, 4) is 11.5 Å². The molecule has 0 unspecified atom stereocenters. The van der Waals surface area contributed by atoms with Crippen LogP contribution in [0.1, 0.15) is 26.3 Å². The standard InChI is InChI=1S/C16H28N2O2/c1-5-18(6-2)10-11-20-15-9-8-14(13-17-4)12-16(15)19-7-3/h8-9,12,17H,5-7,10-11,13H2,1-4H3. The Hall–Kier alpha value is -1.26. The number of rotatable bonds is 10. The Balaban J connectivity index is 2.63. The number of nitrogens with zero attached hydrogens (tertiary/aromatic N) is 1. The van der Waals surface area contributed by atoms with E-state index in [1.165, 1.54) is 5.56 Å². The van der Waals surface area contributed by atoms with Crippen molar-refractivity contribution < 1.29 is 9.47 Å². The van der Waals surface area contributed by atoms with Crippen LogP contribution >= 0.6 is 0 Å². The average molecular weight is 280 g/mol. The first-order valence-electron chi connectivity index (χ1n) is 7.50. The van der Waals surface area contributed by atoms with Gasteiger partial charge in [-0.2, -0.15) is 0 Å². The summed E-state index contributed by atoms with van der Waals surface area (Å²) in [7, 11) is 1.94. The van der Waals surface area contributed by atoms with Crippen LogP contribution in [0.25, 0.3) is 0 Å². The first-order valence-corrected chi connectivity index (χ1v) is 7.50. The lowest BCUT2D eigenvalue weighted by Crippen LogP contribution is -2.28. The second-order valence-corrected chi connectivity index (χ2v) is 4.62. The van der Waals surface area contributed by atoms with Gasteiger partial charge in [0.15, 0.2) is 11.5 Å². The maximum atomic E-state index is 5.87. The van der Waals surface area contributed by atoms with Gasteiger partial charge < -0.3 is 19.7 Å². The highest BCUT2D eigenvalue weighted by Crippen LogP contribution is 2.28. The molecule has 0 aliphatic carbocycles.